The molecule has 2 fully saturated rings. The molecule has 0 bridgehead atoms. The third-order valence-electron chi connectivity index (χ3n) is 3.65. The van der Waals surface area contributed by atoms with Crippen molar-refractivity contribution in [2.75, 3.05) is 0 Å². The van der Waals surface area contributed by atoms with Gasteiger partial charge in [-0.2, -0.15) is 0 Å². The fraction of sp³-hybridized carbons (Fsp3) is 0.818. The van der Waals surface area contributed by atoms with Crippen LogP contribution in [0.2, 0.25) is 0 Å². The molecule has 1 unspecified atom stereocenters. The van der Waals surface area contributed by atoms with E-state index in [1.165, 1.54) is 25.1 Å². The van der Waals surface area contributed by atoms with Crippen LogP contribution in [0.5, 0.6) is 0 Å². The van der Waals surface area contributed by atoms with E-state index in [0.29, 0.717) is 23.3 Å². The van der Waals surface area contributed by atoms with Gasteiger partial charge in [0.25, 0.3) is 0 Å². The zero-order valence-electron chi connectivity index (χ0n) is 9.20. The SMILES string of the molecule is CC1(C)CC1c1nnc(CCl)n1C1CC1. The first-order valence-electron chi connectivity index (χ1n) is 5.63. The number of aromatic nitrogens is 3. The van der Waals surface area contributed by atoms with E-state index in [1.807, 2.05) is 0 Å². The van der Waals surface area contributed by atoms with Crippen molar-refractivity contribution in [3.8, 4) is 0 Å². The van der Waals surface area contributed by atoms with Crippen molar-refractivity contribution in [2.45, 2.75) is 50.9 Å². The van der Waals surface area contributed by atoms with E-state index < -0.39 is 0 Å². The van der Waals surface area contributed by atoms with Crippen LogP contribution in [0, 0.1) is 5.41 Å². The molecule has 2 aliphatic carbocycles. The molecule has 3 rings (SSSR count). The number of nitrogens with zero attached hydrogens (tertiary/aromatic N) is 3. The minimum absolute atomic E-state index is 0.420. The van der Waals surface area contributed by atoms with Crippen LogP contribution in [-0.2, 0) is 5.88 Å². The van der Waals surface area contributed by atoms with Crippen LogP contribution >= 0.6 is 11.6 Å². The van der Waals surface area contributed by atoms with Gasteiger partial charge in [-0.1, -0.05) is 13.8 Å². The molecular weight excluding hydrogens is 210 g/mol. The maximum Gasteiger partial charge on any atom is 0.148 e. The van der Waals surface area contributed by atoms with Gasteiger partial charge in [-0.25, -0.2) is 0 Å². The summed E-state index contributed by atoms with van der Waals surface area (Å²) in [6, 6.07) is 0.639. The summed E-state index contributed by atoms with van der Waals surface area (Å²) in [5.74, 6) is 3.22. The summed E-state index contributed by atoms with van der Waals surface area (Å²) < 4.78 is 2.30. The van der Waals surface area contributed by atoms with E-state index in [-0.39, 0.29) is 0 Å². The molecule has 2 saturated carbocycles. The molecule has 1 heterocycles. The summed E-state index contributed by atoms with van der Waals surface area (Å²) in [7, 11) is 0. The van der Waals surface area contributed by atoms with Crippen molar-refractivity contribution in [3.63, 3.8) is 0 Å². The van der Waals surface area contributed by atoms with Gasteiger partial charge in [0, 0.05) is 12.0 Å². The average Bonchev–Trinajstić information content (AvgIpc) is 3.08. The molecule has 0 radical (unpaired) electrons. The predicted octanol–water partition coefficient (Wildman–Crippen LogP) is 2.87. The van der Waals surface area contributed by atoms with E-state index in [4.69, 9.17) is 11.6 Å². The Morgan fingerprint density at radius 2 is 2.07 bits per heavy atom. The van der Waals surface area contributed by atoms with Gasteiger partial charge in [-0.15, -0.1) is 21.8 Å². The van der Waals surface area contributed by atoms with Gasteiger partial charge in [0.1, 0.15) is 11.6 Å². The van der Waals surface area contributed by atoms with E-state index in [2.05, 4.69) is 28.6 Å². The minimum Gasteiger partial charge on any atom is -0.311 e. The summed E-state index contributed by atoms with van der Waals surface area (Å²) in [4.78, 5) is 0. The van der Waals surface area contributed by atoms with Crippen molar-refractivity contribution in [1.82, 2.24) is 14.8 Å². The molecule has 0 spiro atoms. The standard InChI is InChI=1S/C11H16ClN3/c1-11(2)5-8(11)10-14-13-9(6-12)15(10)7-3-4-7/h7-8H,3-6H2,1-2H3. The van der Waals surface area contributed by atoms with Crippen molar-refractivity contribution in [1.29, 1.82) is 0 Å². The van der Waals surface area contributed by atoms with Gasteiger partial charge in [0.2, 0.25) is 0 Å². The number of hydrogen-bond acceptors (Lipinski definition) is 2. The fourth-order valence-electron chi connectivity index (χ4n) is 2.30. The van der Waals surface area contributed by atoms with Crippen LogP contribution < -0.4 is 0 Å². The molecule has 0 N–H and O–H groups in total. The summed E-state index contributed by atoms with van der Waals surface area (Å²) in [6.45, 7) is 4.59. The zero-order chi connectivity index (χ0) is 10.6. The molecule has 82 valence electrons. The molecular formula is C11H16ClN3. The highest BCUT2D eigenvalue weighted by molar-refractivity contribution is 6.16. The number of rotatable bonds is 3. The Kier molecular flexibility index (Phi) is 1.91. The second-order valence-corrected chi connectivity index (χ2v) is 5.72. The second kappa shape index (κ2) is 2.97. The third-order valence-corrected chi connectivity index (χ3v) is 3.89. The van der Waals surface area contributed by atoms with Gasteiger partial charge in [0.05, 0.1) is 5.88 Å². The van der Waals surface area contributed by atoms with Crippen LogP contribution in [0.15, 0.2) is 0 Å². The molecule has 1 atom stereocenters. The first-order chi connectivity index (χ1) is 7.13. The molecule has 1 aromatic rings. The van der Waals surface area contributed by atoms with Gasteiger partial charge >= 0.3 is 0 Å². The predicted molar refractivity (Wildman–Crippen MR) is 59.0 cm³/mol. The Bertz CT molecular complexity index is 393. The zero-order valence-corrected chi connectivity index (χ0v) is 9.96. The van der Waals surface area contributed by atoms with Crippen LogP contribution in [0.25, 0.3) is 0 Å². The lowest BCUT2D eigenvalue weighted by Crippen LogP contribution is -2.05. The highest BCUT2D eigenvalue weighted by Crippen LogP contribution is 2.59. The Morgan fingerprint density at radius 1 is 1.40 bits per heavy atom. The monoisotopic (exact) mass is 225 g/mol. The van der Waals surface area contributed by atoms with E-state index >= 15 is 0 Å². The van der Waals surface area contributed by atoms with Crippen molar-refractivity contribution < 1.29 is 0 Å². The Labute approximate surface area is 94.8 Å². The Balaban J connectivity index is 1.97. The highest BCUT2D eigenvalue weighted by Gasteiger charge is 2.50. The van der Waals surface area contributed by atoms with Gasteiger partial charge in [-0.05, 0) is 24.7 Å². The van der Waals surface area contributed by atoms with Crippen LogP contribution in [0.4, 0.5) is 0 Å². The maximum absolute atomic E-state index is 5.89. The van der Waals surface area contributed by atoms with Crippen LogP contribution in [0.3, 0.4) is 0 Å². The number of halogens is 1. The highest BCUT2D eigenvalue weighted by atomic mass is 35.5. The average molecular weight is 226 g/mol. The molecule has 15 heavy (non-hydrogen) atoms. The first-order valence-corrected chi connectivity index (χ1v) is 6.16. The maximum atomic E-state index is 5.89. The molecule has 3 nitrogen and oxygen atoms in total. The van der Waals surface area contributed by atoms with Crippen molar-refractivity contribution in [2.24, 2.45) is 5.41 Å². The molecule has 0 amide bonds. The van der Waals surface area contributed by atoms with Crippen LogP contribution in [-0.4, -0.2) is 14.8 Å². The summed E-state index contributed by atoms with van der Waals surface area (Å²) >= 11 is 5.89. The summed E-state index contributed by atoms with van der Waals surface area (Å²) in [5.41, 5.74) is 0.420. The normalized spacial score (nSPS) is 28.1. The third kappa shape index (κ3) is 1.48. The smallest absolute Gasteiger partial charge is 0.148 e. The number of hydrogen-bond donors (Lipinski definition) is 0. The molecule has 0 saturated heterocycles. The molecule has 2 aliphatic rings. The molecule has 1 aromatic heterocycles. The van der Waals surface area contributed by atoms with Gasteiger partial charge < -0.3 is 4.57 Å². The van der Waals surface area contributed by atoms with Crippen LogP contribution in [0.1, 0.15) is 56.7 Å². The number of alkyl halides is 1. The lowest BCUT2D eigenvalue weighted by molar-refractivity contribution is 0.577. The van der Waals surface area contributed by atoms with Gasteiger partial charge in [0.15, 0.2) is 0 Å². The van der Waals surface area contributed by atoms with E-state index in [0.717, 1.165) is 5.82 Å². The molecule has 0 aliphatic heterocycles. The quantitative estimate of drug-likeness (QED) is 0.741. The largest absolute Gasteiger partial charge is 0.311 e. The Morgan fingerprint density at radius 3 is 2.53 bits per heavy atom. The van der Waals surface area contributed by atoms with E-state index in [1.54, 1.807) is 0 Å². The lowest BCUT2D eigenvalue weighted by Gasteiger charge is -2.08. The second-order valence-electron chi connectivity index (χ2n) is 5.45. The van der Waals surface area contributed by atoms with Gasteiger partial charge in [-0.3, -0.25) is 0 Å². The first kappa shape index (κ1) is 9.64. The Hall–Kier alpha value is -0.570. The summed E-state index contributed by atoms with van der Waals surface area (Å²) in [5, 5.41) is 8.54. The van der Waals surface area contributed by atoms with Crippen molar-refractivity contribution in [3.05, 3.63) is 11.6 Å². The minimum atomic E-state index is 0.420. The van der Waals surface area contributed by atoms with E-state index in [9.17, 15) is 0 Å². The topological polar surface area (TPSA) is 30.7 Å². The fourth-order valence-corrected chi connectivity index (χ4v) is 2.49. The lowest BCUT2D eigenvalue weighted by atomic mass is 10.1. The molecule has 0 aromatic carbocycles. The van der Waals surface area contributed by atoms with Crippen molar-refractivity contribution >= 4 is 11.6 Å². The molecule has 4 heteroatoms. The summed E-state index contributed by atoms with van der Waals surface area (Å²) in [6.07, 6.45) is 3.77.